The molecule has 3 unspecified atom stereocenters. The number of hydrogen-bond acceptors (Lipinski definition) is 2. The quantitative estimate of drug-likeness (QED) is 0.753. The van der Waals surface area contributed by atoms with Crippen LogP contribution < -0.4 is 5.73 Å². The summed E-state index contributed by atoms with van der Waals surface area (Å²) in [6.45, 7) is 0. The van der Waals surface area contributed by atoms with Crippen LogP contribution in [0.4, 0.5) is 0 Å². The summed E-state index contributed by atoms with van der Waals surface area (Å²) in [5.41, 5.74) is 9.21. The van der Waals surface area contributed by atoms with E-state index in [1.807, 2.05) is 6.20 Å². The Labute approximate surface area is 104 Å². The zero-order valence-corrected chi connectivity index (χ0v) is 10.4. The molecule has 0 amide bonds. The van der Waals surface area contributed by atoms with E-state index in [0.717, 1.165) is 0 Å². The second-order valence-electron chi connectivity index (χ2n) is 5.66. The normalized spacial score (nSPS) is 33.1. The van der Waals surface area contributed by atoms with Crippen LogP contribution in [0.3, 0.4) is 0 Å². The van der Waals surface area contributed by atoms with Crippen LogP contribution in [0.15, 0.2) is 18.3 Å². The number of nitrogens with two attached hydrogens (primary N) is 1. The van der Waals surface area contributed by atoms with Crippen LogP contribution in [0.2, 0.25) is 0 Å². The highest BCUT2D eigenvalue weighted by atomic mass is 14.7. The van der Waals surface area contributed by atoms with Crippen LogP contribution in [0.5, 0.6) is 0 Å². The van der Waals surface area contributed by atoms with Crippen LogP contribution in [0.25, 0.3) is 0 Å². The molecule has 2 N–H and O–H groups in total. The lowest BCUT2D eigenvalue weighted by Gasteiger charge is -2.27. The molecule has 0 radical (unpaired) electrons. The first-order valence-corrected chi connectivity index (χ1v) is 7.05. The molecule has 0 aliphatic heterocycles. The van der Waals surface area contributed by atoms with E-state index >= 15 is 0 Å². The van der Waals surface area contributed by atoms with Gasteiger partial charge in [-0.3, -0.25) is 4.98 Å². The van der Waals surface area contributed by atoms with Gasteiger partial charge in [-0.2, -0.15) is 0 Å². The molecule has 0 saturated heterocycles. The summed E-state index contributed by atoms with van der Waals surface area (Å²) in [4.78, 5) is 4.63. The minimum Gasteiger partial charge on any atom is -0.327 e. The fourth-order valence-corrected chi connectivity index (χ4v) is 3.73. The molecule has 1 fully saturated rings. The Hall–Kier alpha value is -0.890. The fourth-order valence-electron chi connectivity index (χ4n) is 3.73. The standard InChI is InChI=1S/C15H22N2/c16-14-7-3-1-2-6-12(14)13-9-8-11-5-4-10-17-15(11)13/h4-5,10,12-14H,1-3,6-9,16H2. The summed E-state index contributed by atoms with van der Waals surface area (Å²) >= 11 is 0. The van der Waals surface area contributed by atoms with Crippen LogP contribution >= 0.6 is 0 Å². The predicted molar refractivity (Wildman–Crippen MR) is 69.8 cm³/mol. The van der Waals surface area contributed by atoms with Crippen molar-refractivity contribution >= 4 is 0 Å². The highest BCUT2D eigenvalue weighted by Crippen LogP contribution is 2.41. The Morgan fingerprint density at radius 2 is 2.00 bits per heavy atom. The van der Waals surface area contributed by atoms with Gasteiger partial charge < -0.3 is 5.73 Å². The average molecular weight is 230 g/mol. The van der Waals surface area contributed by atoms with Gasteiger partial charge in [0.05, 0.1) is 0 Å². The Kier molecular flexibility index (Phi) is 3.15. The molecule has 3 atom stereocenters. The average Bonchev–Trinajstić information content (AvgIpc) is 2.66. The molecule has 2 heteroatoms. The van der Waals surface area contributed by atoms with Crippen LogP contribution in [0, 0.1) is 5.92 Å². The molecule has 0 aromatic carbocycles. The Morgan fingerprint density at radius 1 is 1.12 bits per heavy atom. The molecule has 0 bridgehead atoms. The summed E-state index contributed by atoms with van der Waals surface area (Å²) in [6.07, 6.45) is 11.0. The monoisotopic (exact) mass is 230 g/mol. The molecule has 2 nitrogen and oxygen atoms in total. The summed E-state index contributed by atoms with van der Waals surface area (Å²) < 4.78 is 0. The smallest absolute Gasteiger partial charge is 0.0469 e. The zero-order valence-electron chi connectivity index (χ0n) is 10.4. The number of fused-ring (bicyclic) bond motifs is 1. The molecular weight excluding hydrogens is 208 g/mol. The first kappa shape index (κ1) is 11.2. The van der Waals surface area contributed by atoms with Gasteiger partial charge in [-0.15, -0.1) is 0 Å². The van der Waals surface area contributed by atoms with Crippen LogP contribution in [-0.2, 0) is 6.42 Å². The molecule has 2 aliphatic carbocycles. The molecule has 2 aliphatic rings. The van der Waals surface area contributed by atoms with E-state index < -0.39 is 0 Å². The molecule has 92 valence electrons. The first-order chi connectivity index (χ1) is 8.36. The maximum atomic E-state index is 6.39. The topological polar surface area (TPSA) is 38.9 Å². The van der Waals surface area contributed by atoms with E-state index in [1.165, 1.54) is 56.2 Å². The Bertz CT molecular complexity index is 388. The molecule has 17 heavy (non-hydrogen) atoms. The van der Waals surface area contributed by atoms with Crippen molar-refractivity contribution in [1.82, 2.24) is 4.98 Å². The van der Waals surface area contributed by atoms with Gasteiger partial charge in [-0.05, 0) is 43.2 Å². The van der Waals surface area contributed by atoms with Gasteiger partial charge in [0.25, 0.3) is 0 Å². The largest absolute Gasteiger partial charge is 0.327 e. The molecular formula is C15H22N2. The van der Waals surface area contributed by atoms with E-state index in [2.05, 4.69) is 17.1 Å². The minimum absolute atomic E-state index is 0.399. The highest BCUT2D eigenvalue weighted by Gasteiger charge is 2.34. The van der Waals surface area contributed by atoms with Gasteiger partial charge in [-0.25, -0.2) is 0 Å². The third kappa shape index (κ3) is 2.11. The lowest BCUT2D eigenvalue weighted by atomic mass is 9.81. The highest BCUT2D eigenvalue weighted by molar-refractivity contribution is 5.29. The van der Waals surface area contributed by atoms with E-state index in [9.17, 15) is 0 Å². The SMILES string of the molecule is NC1CCCCCC1C1CCc2cccnc21. The Balaban J connectivity index is 1.85. The van der Waals surface area contributed by atoms with Crippen molar-refractivity contribution in [1.29, 1.82) is 0 Å². The van der Waals surface area contributed by atoms with Gasteiger partial charge in [0.1, 0.15) is 0 Å². The molecule has 1 aromatic heterocycles. The third-order valence-electron chi connectivity index (χ3n) is 4.64. The van der Waals surface area contributed by atoms with Gasteiger partial charge in [0.15, 0.2) is 0 Å². The number of pyridine rings is 1. The number of nitrogens with zero attached hydrogens (tertiary/aromatic N) is 1. The number of aromatic nitrogens is 1. The summed E-state index contributed by atoms with van der Waals surface area (Å²) in [5, 5.41) is 0. The minimum atomic E-state index is 0.399. The van der Waals surface area contributed by atoms with E-state index in [4.69, 9.17) is 5.73 Å². The van der Waals surface area contributed by atoms with Crippen molar-refractivity contribution < 1.29 is 0 Å². The number of aryl methyl sites for hydroxylation is 1. The second kappa shape index (κ2) is 4.77. The van der Waals surface area contributed by atoms with Gasteiger partial charge in [0, 0.05) is 23.9 Å². The first-order valence-electron chi connectivity index (χ1n) is 7.05. The van der Waals surface area contributed by atoms with Crippen molar-refractivity contribution in [2.24, 2.45) is 11.7 Å². The molecule has 1 saturated carbocycles. The molecule has 3 rings (SSSR count). The molecule has 1 aromatic rings. The van der Waals surface area contributed by atoms with Crippen LogP contribution in [-0.4, -0.2) is 11.0 Å². The lowest BCUT2D eigenvalue weighted by Crippen LogP contribution is -2.32. The van der Waals surface area contributed by atoms with Gasteiger partial charge in [-0.1, -0.05) is 25.3 Å². The second-order valence-corrected chi connectivity index (χ2v) is 5.66. The summed E-state index contributed by atoms with van der Waals surface area (Å²) in [5.74, 6) is 1.31. The van der Waals surface area contributed by atoms with Crippen LogP contribution in [0.1, 0.15) is 55.7 Å². The van der Waals surface area contributed by atoms with Crippen molar-refractivity contribution in [3.63, 3.8) is 0 Å². The molecule has 1 heterocycles. The van der Waals surface area contributed by atoms with Gasteiger partial charge >= 0.3 is 0 Å². The zero-order chi connectivity index (χ0) is 11.7. The molecule has 0 spiro atoms. The third-order valence-corrected chi connectivity index (χ3v) is 4.64. The number of rotatable bonds is 1. The van der Waals surface area contributed by atoms with Crippen molar-refractivity contribution in [3.8, 4) is 0 Å². The van der Waals surface area contributed by atoms with Gasteiger partial charge in [0.2, 0.25) is 0 Å². The number of hydrogen-bond donors (Lipinski definition) is 1. The predicted octanol–water partition coefficient (Wildman–Crippen LogP) is 3.02. The summed E-state index contributed by atoms with van der Waals surface area (Å²) in [6, 6.07) is 4.70. The summed E-state index contributed by atoms with van der Waals surface area (Å²) in [7, 11) is 0. The maximum absolute atomic E-state index is 6.39. The lowest BCUT2D eigenvalue weighted by molar-refractivity contribution is 0.325. The van der Waals surface area contributed by atoms with Crippen molar-refractivity contribution in [3.05, 3.63) is 29.6 Å². The Morgan fingerprint density at radius 3 is 2.94 bits per heavy atom. The van der Waals surface area contributed by atoms with Crippen molar-refractivity contribution in [2.75, 3.05) is 0 Å². The van der Waals surface area contributed by atoms with E-state index in [0.29, 0.717) is 17.9 Å². The maximum Gasteiger partial charge on any atom is 0.0469 e. The van der Waals surface area contributed by atoms with E-state index in [-0.39, 0.29) is 0 Å². The van der Waals surface area contributed by atoms with E-state index in [1.54, 1.807) is 0 Å². The van der Waals surface area contributed by atoms with Crippen molar-refractivity contribution in [2.45, 2.75) is 56.9 Å². The fraction of sp³-hybridized carbons (Fsp3) is 0.667.